The van der Waals surface area contributed by atoms with Gasteiger partial charge in [0.25, 0.3) is 0 Å². The topological polar surface area (TPSA) is 18.5 Å². The molecule has 110 valence electrons. The van der Waals surface area contributed by atoms with Crippen LogP contribution < -0.4 is 9.47 Å². The molecule has 0 radical (unpaired) electrons. The molecule has 3 rings (SSSR count). The van der Waals surface area contributed by atoms with Crippen LogP contribution in [0.4, 0.5) is 0 Å². The molecule has 2 aromatic rings. The fraction of sp³-hybridized carbons (Fsp3) is 0.294. The Balaban J connectivity index is 1.77. The molecule has 0 aliphatic heterocycles. The number of benzene rings is 2. The number of hydrogen-bond acceptors (Lipinski definition) is 2. The van der Waals surface area contributed by atoms with Gasteiger partial charge in [0.2, 0.25) is 0 Å². The highest BCUT2D eigenvalue weighted by Crippen LogP contribution is 2.39. The Morgan fingerprint density at radius 2 is 2.05 bits per heavy atom. The van der Waals surface area contributed by atoms with Crippen LogP contribution in [-0.4, -0.2) is 13.7 Å². The monoisotopic (exact) mass is 322 g/mol. The molecule has 21 heavy (non-hydrogen) atoms. The zero-order chi connectivity index (χ0) is 14.8. The summed E-state index contributed by atoms with van der Waals surface area (Å²) < 4.78 is 11.4. The van der Waals surface area contributed by atoms with Crippen LogP contribution in [0.3, 0.4) is 0 Å². The van der Waals surface area contributed by atoms with E-state index in [1.165, 1.54) is 11.1 Å². The number of alkyl halides is 1. The number of halogens is 2. The average Bonchev–Trinajstić information content (AvgIpc) is 2.48. The Morgan fingerprint density at radius 3 is 2.76 bits per heavy atom. The highest BCUT2D eigenvalue weighted by atomic mass is 35.5. The maximum absolute atomic E-state index is 6.05. The summed E-state index contributed by atoms with van der Waals surface area (Å²) in [5.41, 5.74) is 3.64. The number of rotatable bonds is 5. The van der Waals surface area contributed by atoms with Crippen molar-refractivity contribution in [2.75, 3.05) is 13.7 Å². The summed E-state index contributed by atoms with van der Waals surface area (Å²) >= 11 is 12.0. The first kappa shape index (κ1) is 14.6. The van der Waals surface area contributed by atoms with Gasteiger partial charge in [0.05, 0.1) is 19.6 Å². The molecule has 0 amide bonds. The molecule has 1 aliphatic carbocycles. The van der Waals surface area contributed by atoms with Gasteiger partial charge in [-0.3, -0.25) is 0 Å². The lowest BCUT2D eigenvalue weighted by Gasteiger charge is -2.30. The standard InChI is InChI=1S/C17H16Cl2O2/c1-20-16-8-14(19)7-12(9-18)17(16)21-10-13-6-11-4-2-3-5-15(11)13/h2-5,7-8,13H,6,9-10H2,1H3. The highest BCUT2D eigenvalue weighted by Gasteiger charge is 2.26. The molecule has 0 fully saturated rings. The second-order valence-corrected chi connectivity index (χ2v) is 5.84. The molecule has 1 aliphatic rings. The third kappa shape index (κ3) is 2.83. The summed E-state index contributed by atoms with van der Waals surface area (Å²) in [6.07, 6.45) is 1.06. The van der Waals surface area contributed by atoms with Crippen molar-refractivity contribution < 1.29 is 9.47 Å². The van der Waals surface area contributed by atoms with Crippen molar-refractivity contribution in [2.24, 2.45) is 0 Å². The van der Waals surface area contributed by atoms with Gasteiger partial charge in [-0.15, -0.1) is 11.6 Å². The van der Waals surface area contributed by atoms with Crippen LogP contribution in [0.1, 0.15) is 22.6 Å². The van der Waals surface area contributed by atoms with E-state index in [4.69, 9.17) is 32.7 Å². The Hall–Kier alpha value is -1.38. The Bertz CT molecular complexity index is 630. The lowest BCUT2D eigenvalue weighted by molar-refractivity contribution is 0.259. The molecule has 4 heteroatoms. The van der Waals surface area contributed by atoms with Crippen LogP contribution in [0.15, 0.2) is 36.4 Å². The Morgan fingerprint density at radius 1 is 1.24 bits per heavy atom. The van der Waals surface area contributed by atoms with Crippen molar-refractivity contribution in [2.45, 2.75) is 18.2 Å². The highest BCUT2D eigenvalue weighted by molar-refractivity contribution is 6.31. The minimum atomic E-state index is 0.341. The van der Waals surface area contributed by atoms with Gasteiger partial charge >= 0.3 is 0 Å². The minimum Gasteiger partial charge on any atom is -0.493 e. The van der Waals surface area contributed by atoms with E-state index < -0.39 is 0 Å². The summed E-state index contributed by atoms with van der Waals surface area (Å²) in [6, 6.07) is 12.0. The third-order valence-corrected chi connectivity index (χ3v) is 4.36. The Kier molecular flexibility index (Phi) is 4.27. The first-order valence-electron chi connectivity index (χ1n) is 6.86. The Labute approximate surface area is 134 Å². The summed E-state index contributed by atoms with van der Waals surface area (Å²) in [5.74, 6) is 2.10. The SMILES string of the molecule is COc1cc(Cl)cc(CCl)c1OCC1Cc2ccccc21. The van der Waals surface area contributed by atoms with Gasteiger partial charge in [-0.25, -0.2) is 0 Å². The molecule has 2 aromatic carbocycles. The van der Waals surface area contributed by atoms with E-state index in [-0.39, 0.29) is 0 Å². The first-order valence-corrected chi connectivity index (χ1v) is 7.77. The van der Waals surface area contributed by atoms with E-state index in [1.807, 2.05) is 6.07 Å². The fourth-order valence-electron chi connectivity index (χ4n) is 2.73. The summed E-state index contributed by atoms with van der Waals surface area (Å²) in [7, 11) is 1.61. The van der Waals surface area contributed by atoms with Crippen LogP contribution in [-0.2, 0) is 12.3 Å². The number of methoxy groups -OCH3 is 1. The van der Waals surface area contributed by atoms with Crippen molar-refractivity contribution in [1.29, 1.82) is 0 Å². The van der Waals surface area contributed by atoms with Crippen molar-refractivity contribution >= 4 is 23.2 Å². The van der Waals surface area contributed by atoms with E-state index in [0.717, 1.165) is 12.0 Å². The molecule has 0 bridgehead atoms. The lowest BCUT2D eigenvalue weighted by Crippen LogP contribution is -2.23. The van der Waals surface area contributed by atoms with E-state index >= 15 is 0 Å². The molecule has 0 N–H and O–H groups in total. The van der Waals surface area contributed by atoms with E-state index in [2.05, 4.69) is 24.3 Å². The van der Waals surface area contributed by atoms with Gasteiger partial charge in [-0.1, -0.05) is 35.9 Å². The maximum Gasteiger partial charge on any atom is 0.165 e. The van der Waals surface area contributed by atoms with Crippen molar-refractivity contribution in [3.63, 3.8) is 0 Å². The number of hydrogen-bond donors (Lipinski definition) is 0. The summed E-state index contributed by atoms with van der Waals surface area (Å²) in [4.78, 5) is 0. The molecule has 0 saturated carbocycles. The quantitative estimate of drug-likeness (QED) is 0.736. The number of ether oxygens (including phenoxy) is 2. The van der Waals surface area contributed by atoms with E-state index in [9.17, 15) is 0 Å². The third-order valence-electron chi connectivity index (χ3n) is 3.85. The van der Waals surface area contributed by atoms with Gasteiger partial charge in [0.1, 0.15) is 0 Å². The molecular formula is C17H16Cl2O2. The van der Waals surface area contributed by atoms with Crippen molar-refractivity contribution in [1.82, 2.24) is 0 Å². The van der Waals surface area contributed by atoms with Crippen LogP contribution in [0.25, 0.3) is 0 Å². The van der Waals surface area contributed by atoms with Gasteiger partial charge in [-0.05, 0) is 23.6 Å². The second kappa shape index (κ2) is 6.17. The fourth-order valence-corrected chi connectivity index (χ4v) is 3.16. The molecule has 1 unspecified atom stereocenters. The molecule has 0 spiro atoms. The largest absolute Gasteiger partial charge is 0.493 e. The summed E-state index contributed by atoms with van der Waals surface area (Å²) in [6.45, 7) is 0.624. The molecule has 0 heterocycles. The summed E-state index contributed by atoms with van der Waals surface area (Å²) in [5, 5.41) is 0.601. The van der Waals surface area contributed by atoms with Crippen molar-refractivity contribution in [3.8, 4) is 11.5 Å². The second-order valence-electron chi connectivity index (χ2n) is 5.14. The molecule has 0 aromatic heterocycles. The van der Waals surface area contributed by atoms with Gasteiger partial charge in [-0.2, -0.15) is 0 Å². The van der Waals surface area contributed by atoms with Crippen LogP contribution >= 0.6 is 23.2 Å². The van der Waals surface area contributed by atoms with Crippen LogP contribution in [0.2, 0.25) is 5.02 Å². The predicted molar refractivity (Wildman–Crippen MR) is 85.9 cm³/mol. The molecule has 0 saturated heterocycles. The van der Waals surface area contributed by atoms with Crippen LogP contribution in [0.5, 0.6) is 11.5 Å². The predicted octanol–water partition coefficient (Wildman–Crippen LogP) is 4.81. The maximum atomic E-state index is 6.05. The van der Waals surface area contributed by atoms with Crippen LogP contribution in [0, 0.1) is 0 Å². The zero-order valence-electron chi connectivity index (χ0n) is 11.7. The van der Waals surface area contributed by atoms with Gasteiger partial charge in [0, 0.05) is 22.6 Å². The smallest absolute Gasteiger partial charge is 0.165 e. The molecular weight excluding hydrogens is 307 g/mol. The van der Waals surface area contributed by atoms with Crippen molar-refractivity contribution in [3.05, 3.63) is 58.1 Å². The minimum absolute atomic E-state index is 0.341. The molecule has 2 nitrogen and oxygen atoms in total. The van der Waals surface area contributed by atoms with Gasteiger partial charge < -0.3 is 9.47 Å². The normalized spacial score (nSPS) is 16.0. The molecule has 1 atom stereocenters. The van der Waals surface area contributed by atoms with Gasteiger partial charge in [0.15, 0.2) is 11.5 Å². The number of fused-ring (bicyclic) bond motifs is 1. The van der Waals surface area contributed by atoms with E-state index in [1.54, 1.807) is 13.2 Å². The zero-order valence-corrected chi connectivity index (χ0v) is 13.2. The lowest BCUT2D eigenvalue weighted by atomic mass is 9.78. The van der Waals surface area contributed by atoms with E-state index in [0.29, 0.717) is 34.9 Å². The average molecular weight is 323 g/mol. The first-order chi connectivity index (χ1) is 10.2.